The smallest absolute Gasteiger partial charge is 0.252 e. The van der Waals surface area contributed by atoms with Crippen LogP contribution in [0.4, 0.5) is 10.1 Å². The zero-order chi connectivity index (χ0) is 18.5. The molecular weight excluding hydrogens is 353 g/mol. The standard InChI is InChI=1S/C19H22FN3O2S/c1-13(18(24)22-17-5-3-2-4-16(17)20)23-9-6-15(7-10-23)21-19(25)14-8-11-26-12-14/h2-5,8,11-13,15H,6-7,9-10H2,1H3,(H,21,25)(H,22,24). The molecule has 2 amide bonds. The van der Waals surface area contributed by atoms with E-state index >= 15 is 0 Å². The molecule has 1 atom stereocenters. The number of rotatable bonds is 5. The van der Waals surface area contributed by atoms with Gasteiger partial charge >= 0.3 is 0 Å². The summed E-state index contributed by atoms with van der Waals surface area (Å²) in [7, 11) is 0. The molecule has 0 aliphatic carbocycles. The molecule has 5 nitrogen and oxygen atoms in total. The highest BCUT2D eigenvalue weighted by Gasteiger charge is 2.27. The summed E-state index contributed by atoms with van der Waals surface area (Å²) >= 11 is 1.50. The minimum Gasteiger partial charge on any atom is -0.349 e. The van der Waals surface area contributed by atoms with Gasteiger partial charge < -0.3 is 10.6 Å². The first-order chi connectivity index (χ1) is 12.5. The number of para-hydroxylation sites is 1. The Balaban J connectivity index is 1.48. The second-order valence-electron chi connectivity index (χ2n) is 6.44. The molecule has 0 spiro atoms. The third kappa shape index (κ3) is 4.47. The van der Waals surface area contributed by atoms with Crippen LogP contribution in [0.3, 0.4) is 0 Å². The molecular formula is C19H22FN3O2S. The van der Waals surface area contributed by atoms with E-state index in [0.717, 1.165) is 12.8 Å². The topological polar surface area (TPSA) is 61.4 Å². The number of hydrogen-bond donors (Lipinski definition) is 2. The highest BCUT2D eigenvalue weighted by molar-refractivity contribution is 7.08. The molecule has 2 N–H and O–H groups in total. The molecule has 1 saturated heterocycles. The van der Waals surface area contributed by atoms with Gasteiger partial charge in [0.25, 0.3) is 5.91 Å². The van der Waals surface area contributed by atoms with Crippen LogP contribution in [0.2, 0.25) is 0 Å². The number of benzene rings is 1. The van der Waals surface area contributed by atoms with Crippen molar-refractivity contribution in [3.05, 3.63) is 52.5 Å². The Morgan fingerprint density at radius 1 is 1.23 bits per heavy atom. The van der Waals surface area contributed by atoms with Crippen molar-refractivity contribution in [2.24, 2.45) is 0 Å². The maximum Gasteiger partial charge on any atom is 0.252 e. The summed E-state index contributed by atoms with van der Waals surface area (Å²) in [6.45, 7) is 3.24. The first-order valence-electron chi connectivity index (χ1n) is 8.67. The number of nitrogens with one attached hydrogen (secondary N) is 2. The van der Waals surface area contributed by atoms with E-state index in [2.05, 4.69) is 15.5 Å². The van der Waals surface area contributed by atoms with Crippen molar-refractivity contribution in [1.82, 2.24) is 10.2 Å². The Morgan fingerprint density at radius 3 is 2.62 bits per heavy atom. The van der Waals surface area contributed by atoms with Gasteiger partial charge in [-0.3, -0.25) is 14.5 Å². The summed E-state index contributed by atoms with van der Waals surface area (Å²) in [4.78, 5) is 26.6. The quantitative estimate of drug-likeness (QED) is 0.844. The lowest BCUT2D eigenvalue weighted by Crippen LogP contribution is -2.50. The number of anilines is 1. The summed E-state index contributed by atoms with van der Waals surface area (Å²) in [6.07, 6.45) is 1.57. The summed E-state index contributed by atoms with van der Waals surface area (Å²) in [5, 5.41) is 9.41. The van der Waals surface area contributed by atoms with E-state index in [1.807, 2.05) is 23.8 Å². The van der Waals surface area contributed by atoms with Gasteiger partial charge in [-0.1, -0.05) is 12.1 Å². The van der Waals surface area contributed by atoms with Crippen LogP contribution < -0.4 is 10.6 Å². The van der Waals surface area contributed by atoms with Crippen molar-refractivity contribution in [2.75, 3.05) is 18.4 Å². The number of piperidine rings is 1. The van der Waals surface area contributed by atoms with Crippen LogP contribution in [0.25, 0.3) is 0 Å². The molecule has 2 heterocycles. The number of hydrogen-bond acceptors (Lipinski definition) is 4. The molecule has 3 rings (SSSR count). The number of amides is 2. The first-order valence-corrected chi connectivity index (χ1v) is 9.61. The van der Waals surface area contributed by atoms with Crippen molar-refractivity contribution in [1.29, 1.82) is 0 Å². The van der Waals surface area contributed by atoms with Gasteiger partial charge in [-0.15, -0.1) is 0 Å². The summed E-state index contributed by atoms with van der Waals surface area (Å²) in [5.74, 6) is -0.714. The number of carbonyl (C=O) groups excluding carboxylic acids is 2. The van der Waals surface area contributed by atoms with Gasteiger partial charge in [0.2, 0.25) is 5.91 Å². The zero-order valence-electron chi connectivity index (χ0n) is 14.6. The lowest BCUT2D eigenvalue weighted by Gasteiger charge is -2.35. The average Bonchev–Trinajstić information content (AvgIpc) is 3.18. The fourth-order valence-electron chi connectivity index (χ4n) is 3.06. The van der Waals surface area contributed by atoms with Gasteiger partial charge in [-0.05, 0) is 43.3 Å². The molecule has 0 radical (unpaired) electrons. The molecule has 7 heteroatoms. The lowest BCUT2D eigenvalue weighted by atomic mass is 10.0. The first kappa shape index (κ1) is 18.5. The van der Waals surface area contributed by atoms with E-state index in [1.54, 1.807) is 18.2 Å². The zero-order valence-corrected chi connectivity index (χ0v) is 15.4. The largest absolute Gasteiger partial charge is 0.349 e. The monoisotopic (exact) mass is 375 g/mol. The van der Waals surface area contributed by atoms with Gasteiger partial charge in [0, 0.05) is 30.1 Å². The summed E-state index contributed by atoms with van der Waals surface area (Å²) < 4.78 is 13.7. The Bertz CT molecular complexity index is 758. The maximum atomic E-state index is 13.7. The number of thiophene rings is 1. The molecule has 0 bridgehead atoms. The normalized spacial score (nSPS) is 16.8. The van der Waals surface area contributed by atoms with Crippen LogP contribution in [0.5, 0.6) is 0 Å². The molecule has 1 aliphatic heterocycles. The highest BCUT2D eigenvalue weighted by atomic mass is 32.1. The predicted molar refractivity (Wildman–Crippen MR) is 101 cm³/mol. The number of nitrogens with zero attached hydrogens (tertiary/aromatic N) is 1. The number of halogens is 1. The van der Waals surface area contributed by atoms with Crippen molar-refractivity contribution >= 4 is 28.8 Å². The number of likely N-dealkylation sites (tertiary alicyclic amines) is 1. The van der Waals surface area contributed by atoms with E-state index < -0.39 is 5.82 Å². The third-order valence-electron chi connectivity index (χ3n) is 4.71. The molecule has 1 aliphatic rings. The third-order valence-corrected chi connectivity index (χ3v) is 5.39. The van der Waals surface area contributed by atoms with E-state index in [1.165, 1.54) is 17.4 Å². The molecule has 1 unspecified atom stereocenters. The summed E-state index contributed by atoms with van der Waals surface area (Å²) in [6, 6.07) is 7.70. The van der Waals surface area contributed by atoms with E-state index in [4.69, 9.17) is 0 Å². The van der Waals surface area contributed by atoms with Crippen LogP contribution >= 0.6 is 11.3 Å². The van der Waals surface area contributed by atoms with Crippen LogP contribution in [-0.2, 0) is 4.79 Å². The fraction of sp³-hybridized carbons (Fsp3) is 0.368. The van der Waals surface area contributed by atoms with Gasteiger partial charge in [0.05, 0.1) is 11.7 Å². The summed E-state index contributed by atoms with van der Waals surface area (Å²) in [5.41, 5.74) is 0.886. The SMILES string of the molecule is CC(C(=O)Nc1ccccc1F)N1CCC(NC(=O)c2ccsc2)CC1. The van der Waals surface area contributed by atoms with Gasteiger partial charge in [0.15, 0.2) is 0 Å². The van der Waals surface area contributed by atoms with Gasteiger partial charge in [0.1, 0.15) is 5.82 Å². The molecule has 0 saturated carbocycles. The van der Waals surface area contributed by atoms with Crippen molar-refractivity contribution in [3.63, 3.8) is 0 Å². The Hall–Kier alpha value is -2.25. The van der Waals surface area contributed by atoms with Crippen LogP contribution in [0.1, 0.15) is 30.1 Å². The van der Waals surface area contributed by atoms with Crippen LogP contribution in [0.15, 0.2) is 41.1 Å². The van der Waals surface area contributed by atoms with Crippen molar-refractivity contribution in [2.45, 2.75) is 31.8 Å². The highest BCUT2D eigenvalue weighted by Crippen LogP contribution is 2.17. The Kier molecular flexibility index (Phi) is 6.00. The second-order valence-corrected chi connectivity index (χ2v) is 7.22. The van der Waals surface area contributed by atoms with Crippen LogP contribution in [-0.4, -0.2) is 41.9 Å². The minimum absolute atomic E-state index is 0.0463. The van der Waals surface area contributed by atoms with E-state index in [0.29, 0.717) is 18.7 Å². The molecule has 1 aromatic heterocycles. The predicted octanol–water partition coefficient (Wildman–Crippen LogP) is 3.11. The van der Waals surface area contributed by atoms with E-state index in [-0.39, 0.29) is 29.6 Å². The fourth-order valence-corrected chi connectivity index (χ4v) is 3.70. The minimum atomic E-state index is -0.442. The molecule has 1 fully saturated rings. The average molecular weight is 375 g/mol. The molecule has 1 aromatic carbocycles. The molecule has 2 aromatic rings. The van der Waals surface area contributed by atoms with E-state index in [9.17, 15) is 14.0 Å². The van der Waals surface area contributed by atoms with Gasteiger partial charge in [-0.25, -0.2) is 4.39 Å². The number of carbonyl (C=O) groups is 2. The lowest BCUT2D eigenvalue weighted by molar-refractivity contribution is -0.121. The Labute approximate surface area is 156 Å². The molecule has 138 valence electrons. The molecule has 26 heavy (non-hydrogen) atoms. The van der Waals surface area contributed by atoms with Crippen molar-refractivity contribution < 1.29 is 14.0 Å². The van der Waals surface area contributed by atoms with Crippen molar-refractivity contribution in [3.8, 4) is 0 Å². The van der Waals surface area contributed by atoms with Gasteiger partial charge in [-0.2, -0.15) is 11.3 Å². The second kappa shape index (κ2) is 8.42. The maximum absolute atomic E-state index is 13.7. The van der Waals surface area contributed by atoms with Crippen LogP contribution in [0, 0.1) is 5.82 Å². The Morgan fingerprint density at radius 2 is 1.96 bits per heavy atom.